The topological polar surface area (TPSA) is 17.0 Å². The molecule has 1 aromatic heterocycles. The first kappa shape index (κ1) is 13.7. The van der Waals surface area contributed by atoms with Gasteiger partial charge in [0, 0.05) is 37.3 Å². The molecule has 0 spiro atoms. The molecule has 0 amide bonds. The van der Waals surface area contributed by atoms with E-state index in [2.05, 4.69) is 48.3 Å². The summed E-state index contributed by atoms with van der Waals surface area (Å²) in [6.45, 7) is 7.78. The molecule has 0 fully saturated rings. The Labute approximate surface area is 104 Å². The van der Waals surface area contributed by atoms with Crippen LogP contribution in [0.25, 0.3) is 0 Å². The lowest BCUT2D eigenvalue weighted by atomic mass is 10.1. The molecule has 0 aliphatic carbocycles. The van der Waals surface area contributed by atoms with Gasteiger partial charge in [0.25, 0.3) is 0 Å². The van der Waals surface area contributed by atoms with E-state index in [1.54, 1.807) is 0 Å². The van der Waals surface area contributed by atoms with Crippen LogP contribution in [0, 0.1) is 5.92 Å². The monoisotopic (exact) mass is 240 g/mol. The van der Waals surface area contributed by atoms with Crippen molar-refractivity contribution < 1.29 is 0 Å². The molecule has 0 saturated heterocycles. The van der Waals surface area contributed by atoms with Gasteiger partial charge in [-0.2, -0.15) is 11.8 Å². The Morgan fingerprint density at radius 2 is 2.25 bits per heavy atom. The van der Waals surface area contributed by atoms with Crippen molar-refractivity contribution in [1.29, 1.82) is 0 Å². The highest BCUT2D eigenvalue weighted by molar-refractivity contribution is 7.98. The third-order valence-electron chi connectivity index (χ3n) is 2.66. The number of hydrogen-bond acceptors (Lipinski definition) is 2. The second kappa shape index (κ2) is 7.80. The highest BCUT2D eigenvalue weighted by Crippen LogP contribution is 2.07. The number of aryl methyl sites for hydroxylation is 1. The maximum Gasteiger partial charge on any atom is 0.0359 e. The second-order valence-electron chi connectivity index (χ2n) is 4.55. The summed E-state index contributed by atoms with van der Waals surface area (Å²) in [5.41, 5.74) is 1.40. The van der Waals surface area contributed by atoms with Crippen LogP contribution in [0.1, 0.15) is 26.0 Å². The molecule has 0 bridgehead atoms. The van der Waals surface area contributed by atoms with E-state index in [1.165, 1.54) is 17.9 Å². The van der Waals surface area contributed by atoms with Crippen LogP contribution in [0.15, 0.2) is 18.3 Å². The van der Waals surface area contributed by atoms with Crippen LogP contribution in [0.5, 0.6) is 0 Å². The maximum absolute atomic E-state index is 3.48. The Balaban J connectivity index is 2.32. The summed E-state index contributed by atoms with van der Waals surface area (Å²) in [5.74, 6) is 1.96. The fourth-order valence-electron chi connectivity index (χ4n) is 1.62. The summed E-state index contributed by atoms with van der Waals surface area (Å²) in [4.78, 5) is 0. The van der Waals surface area contributed by atoms with Crippen molar-refractivity contribution in [2.24, 2.45) is 5.92 Å². The highest BCUT2D eigenvalue weighted by atomic mass is 32.2. The smallest absolute Gasteiger partial charge is 0.0359 e. The number of nitrogens with zero attached hydrogens (tertiary/aromatic N) is 1. The summed E-state index contributed by atoms with van der Waals surface area (Å²) in [5, 5.41) is 3.48. The summed E-state index contributed by atoms with van der Waals surface area (Å²) >= 11 is 1.89. The second-order valence-corrected chi connectivity index (χ2v) is 5.53. The molecule has 1 heterocycles. The number of rotatable bonds is 8. The Bertz CT molecular complexity index is 281. The molecule has 2 nitrogen and oxygen atoms in total. The Hall–Kier alpha value is -0.410. The molecule has 0 saturated carbocycles. The van der Waals surface area contributed by atoms with Crippen molar-refractivity contribution in [2.75, 3.05) is 18.6 Å². The van der Waals surface area contributed by atoms with Crippen LogP contribution in [-0.4, -0.2) is 23.1 Å². The normalized spacial score (nSPS) is 11.2. The van der Waals surface area contributed by atoms with Gasteiger partial charge in [-0.05, 0) is 30.7 Å². The first-order valence-corrected chi connectivity index (χ1v) is 7.47. The van der Waals surface area contributed by atoms with Crippen LogP contribution in [0.4, 0.5) is 0 Å². The molecule has 0 aliphatic heterocycles. The summed E-state index contributed by atoms with van der Waals surface area (Å²) in [7, 11) is 0. The van der Waals surface area contributed by atoms with Crippen molar-refractivity contribution in [2.45, 2.75) is 33.4 Å². The van der Waals surface area contributed by atoms with Crippen LogP contribution in [0.3, 0.4) is 0 Å². The van der Waals surface area contributed by atoms with Gasteiger partial charge in [0.15, 0.2) is 0 Å². The van der Waals surface area contributed by atoms with Gasteiger partial charge in [-0.25, -0.2) is 0 Å². The zero-order valence-electron chi connectivity index (χ0n) is 10.7. The van der Waals surface area contributed by atoms with E-state index in [-0.39, 0.29) is 0 Å². The number of hydrogen-bond donors (Lipinski definition) is 1. The van der Waals surface area contributed by atoms with E-state index in [1.807, 2.05) is 11.8 Å². The van der Waals surface area contributed by atoms with Crippen LogP contribution < -0.4 is 5.32 Å². The molecule has 3 heteroatoms. The van der Waals surface area contributed by atoms with Crippen LogP contribution >= 0.6 is 11.8 Å². The van der Waals surface area contributed by atoms with Crippen LogP contribution in [0.2, 0.25) is 0 Å². The van der Waals surface area contributed by atoms with E-state index in [0.717, 1.165) is 25.6 Å². The largest absolute Gasteiger partial charge is 0.350 e. The van der Waals surface area contributed by atoms with E-state index in [0.29, 0.717) is 0 Å². The SMILES string of the molecule is CSCCNCc1cccn1CCC(C)C. The quantitative estimate of drug-likeness (QED) is 0.704. The van der Waals surface area contributed by atoms with Crippen molar-refractivity contribution in [3.05, 3.63) is 24.0 Å². The van der Waals surface area contributed by atoms with Gasteiger partial charge < -0.3 is 9.88 Å². The fraction of sp³-hybridized carbons (Fsp3) is 0.692. The van der Waals surface area contributed by atoms with Gasteiger partial charge in [-0.15, -0.1) is 0 Å². The molecular weight excluding hydrogens is 216 g/mol. The average Bonchev–Trinajstić information content (AvgIpc) is 2.69. The standard InChI is InChI=1S/C13H24N2S/c1-12(2)6-9-15-8-4-5-13(15)11-14-7-10-16-3/h4-5,8,12,14H,6-7,9-11H2,1-3H3. The molecule has 1 N–H and O–H groups in total. The molecule has 0 aliphatic rings. The molecular formula is C13H24N2S. The number of aromatic nitrogens is 1. The Morgan fingerprint density at radius 3 is 2.94 bits per heavy atom. The minimum absolute atomic E-state index is 0.778. The summed E-state index contributed by atoms with van der Waals surface area (Å²) < 4.78 is 2.37. The lowest BCUT2D eigenvalue weighted by Gasteiger charge is -2.11. The molecule has 16 heavy (non-hydrogen) atoms. The molecule has 1 aromatic rings. The lowest BCUT2D eigenvalue weighted by Crippen LogP contribution is -2.19. The van der Waals surface area contributed by atoms with Crippen molar-refractivity contribution in [3.8, 4) is 0 Å². The molecule has 0 aromatic carbocycles. The summed E-state index contributed by atoms with van der Waals surface area (Å²) in [6, 6.07) is 4.36. The molecule has 1 rings (SSSR count). The van der Waals surface area contributed by atoms with Crippen molar-refractivity contribution >= 4 is 11.8 Å². The van der Waals surface area contributed by atoms with E-state index < -0.39 is 0 Å². The molecule has 0 atom stereocenters. The zero-order chi connectivity index (χ0) is 11.8. The van der Waals surface area contributed by atoms with Gasteiger partial charge in [-0.1, -0.05) is 13.8 Å². The first-order chi connectivity index (χ1) is 7.74. The third kappa shape index (κ3) is 5.08. The number of nitrogens with one attached hydrogen (secondary N) is 1. The molecule has 0 unspecified atom stereocenters. The number of thioether (sulfide) groups is 1. The molecule has 92 valence electrons. The van der Waals surface area contributed by atoms with E-state index in [4.69, 9.17) is 0 Å². The van der Waals surface area contributed by atoms with Gasteiger partial charge in [-0.3, -0.25) is 0 Å². The van der Waals surface area contributed by atoms with E-state index in [9.17, 15) is 0 Å². The lowest BCUT2D eigenvalue weighted by molar-refractivity contribution is 0.503. The van der Waals surface area contributed by atoms with Crippen LogP contribution in [-0.2, 0) is 13.1 Å². The zero-order valence-corrected chi connectivity index (χ0v) is 11.5. The molecule has 0 radical (unpaired) electrons. The summed E-state index contributed by atoms with van der Waals surface area (Å²) in [6.07, 6.45) is 5.59. The minimum Gasteiger partial charge on any atom is -0.350 e. The van der Waals surface area contributed by atoms with E-state index >= 15 is 0 Å². The Kier molecular flexibility index (Phi) is 6.65. The highest BCUT2D eigenvalue weighted by Gasteiger charge is 2.01. The predicted molar refractivity (Wildman–Crippen MR) is 74.0 cm³/mol. The van der Waals surface area contributed by atoms with Gasteiger partial charge in [0.05, 0.1) is 0 Å². The van der Waals surface area contributed by atoms with Crippen molar-refractivity contribution in [3.63, 3.8) is 0 Å². The van der Waals surface area contributed by atoms with Gasteiger partial charge in [0.1, 0.15) is 0 Å². The Morgan fingerprint density at radius 1 is 1.44 bits per heavy atom. The average molecular weight is 240 g/mol. The van der Waals surface area contributed by atoms with Crippen molar-refractivity contribution in [1.82, 2.24) is 9.88 Å². The van der Waals surface area contributed by atoms with Gasteiger partial charge >= 0.3 is 0 Å². The predicted octanol–water partition coefficient (Wildman–Crippen LogP) is 2.99. The van der Waals surface area contributed by atoms with Gasteiger partial charge in [0.2, 0.25) is 0 Å². The third-order valence-corrected chi connectivity index (χ3v) is 3.27. The maximum atomic E-state index is 3.48. The first-order valence-electron chi connectivity index (χ1n) is 6.07. The fourth-order valence-corrected chi connectivity index (χ4v) is 1.96. The minimum atomic E-state index is 0.778.